The molecule has 6 N–H and O–H groups in total. The molecule has 11 nitrogen and oxygen atoms in total. The van der Waals surface area contributed by atoms with E-state index in [0.717, 1.165) is 70.6 Å². The van der Waals surface area contributed by atoms with Crippen LogP contribution in [0.5, 0.6) is 0 Å². The minimum atomic E-state index is -1.57. The highest BCUT2D eigenvalue weighted by molar-refractivity contribution is 5.76. The number of allylic oxidation sites excluding steroid dienone is 3. The quantitative estimate of drug-likeness (QED) is 0.0196. The van der Waals surface area contributed by atoms with Gasteiger partial charge in [0, 0.05) is 12.8 Å². The van der Waals surface area contributed by atoms with Gasteiger partial charge in [-0.2, -0.15) is 0 Å². The molecule has 0 aromatic heterocycles. The Kier molecular flexibility index (Phi) is 40.1. The number of unbranched alkanes of at least 4 members (excludes halogenated alkanes) is 28. The van der Waals surface area contributed by atoms with Crippen molar-refractivity contribution in [2.45, 2.75) is 275 Å². The first-order valence-electron chi connectivity index (χ1n) is 26.1. The Morgan fingerprint density at radius 1 is 0.571 bits per heavy atom. The molecule has 1 fully saturated rings. The summed E-state index contributed by atoms with van der Waals surface area (Å²) in [6.07, 6.45) is 38.2. The number of rotatable bonds is 44. The van der Waals surface area contributed by atoms with Crippen LogP contribution in [0, 0.1) is 0 Å². The maximum absolute atomic E-state index is 13.0. The van der Waals surface area contributed by atoms with Gasteiger partial charge in [-0.15, -0.1) is 0 Å². The molecule has 11 heteroatoms. The summed E-state index contributed by atoms with van der Waals surface area (Å²) >= 11 is 0. The third-order valence-corrected chi connectivity index (χ3v) is 12.3. The Bertz CT molecular complexity index is 1100. The number of amides is 1. The van der Waals surface area contributed by atoms with Crippen LogP contribution in [0.25, 0.3) is 0 Å². The lowest BCUT2D eigenvalue weighted by Gasteiger charge is -2.40. The minimum Gasteiger partial charge on any atom is -0.466 e. The van der Waals surface area contributed by atoms with Crippen molar-refractivity contribution in [3.05, 3.63) is 24.3 Å². The molecule has 0 aliphatic carbocycles. The van der Waals surface area contributed by atoms with Crippen LogP contribution in [-0.4, -0.2) is 100 Å². The van der Waals surface area contributed by atoms with Crippen LogP contribution < -0.4 is 5.32 Å². The van der Waals surface area contributed by atoms with Gasteiger partial charge < -0.3 is 45.1 Å². The molecule has 63 heavy (non-hydrogen) atoms. The third kappa shape index (κ3) is 33.3. The summed E-state index contributed by atoms with van der Waals surface area (Å²) < 4.78 is 16.6. The standard InChI is InChI=1S/C52H97NO10/c1-3-5-7-9-11-13-19-24-28-32-36-40-48(57)61-41-37-33-29-25-21-18-16-15-17-20-23-27-31-35-39-47(56)53-44(43-62-52-51(60)50(59)49(58)46(42-54)63-52)45(55)38-34-30-26-22-14-12-10-8-6-4-2/h9,11,34,38,44-46,49-52,54-55,58-60H,3-8,10,12-33,35-37,39-43H2,1-2H3,(H,53,56)/b11-9-,38-34+. The lowest BCUT2D eigenvalue weighted by molar-refractivity contribution is -0.302. The predicted molar refractivity (Wildman–Crippen MR) is 255 cm³/mol. The van der Waals surface area contributed by atoms with Gasteiger partial charge in [-0.25, -0.2) is 0 Å². The van der Waals surface area contributed by atoms with Gasteiger partial charge in [0.05, 0.1) is 32.0 Å². The maximum Gasteiger partial charge on any atom is 0.305 e. The van der Waals surface area contributed by atoms with Gasteiger partial charge >= 0.3 is 5.97 Å². The number of hydrogen-bond acceptors (Lipinski definition) is 10. The molecule has 0 saturated carbocycles. The Hall–Kier alpha value is -1.86. The van der Waals surface area contributed by atoms with E-state index >= 15 is 0 Å². The fourth-order valence-electron chi connectivity index (χ4n) is 8.06. The normalized spacial score (nSPS) is 20.1. The van der Waals surface area contributed by atoms with Crippen molar-refractivity contribution in [1.82, 2.24) is 5.32 Å². The van der Waals surface area contributed by atoms with Gasteiger partial charge in [0.1, 0.15) is 24.4 Å². The van der Waals surface area contributed by atoms with Gasteiger partial charge in [0.25, 0.3) is 0 Å². The van der Waals surface area contributed by atoms with Crippen LogP contribution >= 0.6 is 0 Å². The summed E-state index contributed by atoms with van der Waals surface area (Å²) in [6, 6.07) is -0.816. The number of ether oxygens (including phenoxy) is 3. The summed E-state index contributed by atoms with van der Waals surface area (Å²) in [5.41, 5.74) is 0. The van der Waals surface area contributed by atoms with Crippen LogP contribution in [-0.2, 0) is 23.8 Å². The van der Waals surface area contributed by atoms with E-state index in [1.807, 2.05) is 6.08 Å². The average molecular weight is 896 g/mol. The van der Waals surface area contributed by atoms with Crippen LogP contribution in [0.1, 0.15) is 232 Å². The molecule has 0 aromatic rings. The molecule has 7 unspecified atom stereocenters. The Morgan fingerprint density at radius 2 is 1.03 bits per heavy atom. The number of aliphatic hydroxyl groups is 5. The molecule has 370 valence electrons. The molecule has 0 radical (unpaired) electrons. The van der Waals surface area contributed by atoms with Gasteiger partial charge in [-0.05, 0) is 51.4 Å². The van der Waals surface area contributed by atoms with Gasteiger partial charge in [-0.1, -0.05) is 192 Å². The number of aliphatic hydroxyl groups excluding tert-OH is 5. The summed E-state index contributed by atoms with van der Waals surface area (Å²) in [7, 11) is 0. The minimum absolute atomic E-state index is 0.0344. The lowest BCUT2D eigenvalue weighted by atomic mass is 9.99. The van der Waals surface area contributed by atoms with Crippen LogP contribution in [0.4, 0.5) is 0 Å². The van der Waals surface area contributed by atoms with E-state index in [4.69, 9.17) is 14.2 Å². The van der Waals surface area contributed by atoms with E-state index in [2.05, 4.69) is 31.3 Å². The molecule has 1 heterocycles. The first-order valence-corrected chi connectivity index (χ1v) is 26.1. The Morgan fingerprint density at radius 3 is 1.57 bits per heavy atom. The lowest BCUT2D eigenvalue weighted by Crippen LogP contribution is -2.60. The topological polar surface area (TPSA) is 175 Å². The molecule has 1 amide bonds. The van der Waals surface area contributed by atoms with Gasteiger partial charge in [0.2, 0.25) is 5.91 Å². The molecule has 0 spiro atoms. The molecule has 0 bridgehead atoms. The van der Waals surface area contributed by atoms with Crippen molar-refractivity contribution in [3.8, 4) is 0 Å². The second kappa shape index (κ2) is 42.8. The molecular formula is C52H97NO10. The number of nitrogens with one attached hydrogen (secondary N) is 1. The van der Waals surface area contributed by atoms with E-state index in [0.29, 0.717) is 19.4 Å². The zero-order valence-corrected chi connectivity index (χ0v) is 40.3. The second-order valence-electron chi connectivity index (χ2n) is 18.2. The van der Waals surface area contributed by atoms with E-state index < -0.39 is 49.5 Å². The summed E-state index contributed by atoms with van der Waals surface area (Å²) in [5, 5.41) is 54.1. The molecular weight excluding hydrogens is 799 g/mol. The van der Waals surface area contributed by atoms with Gasteiger partial charge in [0.15, 0.2) is 6.29 Å². The highest BCUT2D eigenvalue weighted by Gasteiger charge is 2.44. The number of hydrogen-bond donors (Lipinski definition) is 6. The third-order valence-electron chi connectivity index (χ3n) is 12.3. The summed E-state index contributed by atoms with van der Waals surface area (Å²) in [4.78, 5) is 25.0. The summed E-state index contributed by atoms with van der Waals surface area (Å²) in [5.74, 6) is -0.229. The molecule has 1 aliphatic heterocycles. The smallest absolute Gasteiger partial charge is 0.305 e. The zero-order chi connectivity index (χ0) is 46.0. The Labute approximate surface area is 384 Å². The van der Waals surface area contributed by atoms with E-state index in [-0.39, 0.29) is 18.5 Å². The first kappa shape index (κ1) is 59.2. The van der Waals surface area contributed by atoms with E-state index in [1.54, 1.807) is 6.08 Å². The fourth-order valence-corrected chi connectivity index (χ4v) is 8.06. The summed E-state index contributed by atoms with van der Waals surface area (Å²) in [6.45, 7) is 4.24. The molecule has 1 saturated heterocycles. The van der Waals surface area contributed by atoms with Crippen LogP contribution in [0.15, 0.2) is 24.3 Å². The fraction of sp³-hybridized carbons (Fsp3) is 0.885. The molecule has 7 atom stereocenters. The van der Waals surface area contributed by atoms with Gasteiger partial charge in [-0.3, -0.25) is 9.59 Å². The zero-order valence-electron chi connectivity index (χ0n) is 40.3. The highest BCUT2D eigenvalue weighted by Crippen LogP contribution is 2.23. The van der Waals surface area contributed by atoms with E-state index in [9.17, 15) is 35.1 Å². The van der Waals surface area contributed by atoms with Crippen LogP contribution in [0.2, 0.25) is 0 Å². The molecule has 0 aromatic carbocycles. The van der Waals surface area contributed by atoms with Crippen molar-refractivity contribution in [2.24, 2.45) is 0 Å². The van der Waals surface area contributed by atoms with E-state index in [1.165, 1.54) is 135 Å². The van der Waals surface area contributed by atoms with Crippen molar-refractivity contribution < 1.29 is 49.3 Å². The second-order valence-corrected chi connectivity index (χ2v) is 18.2. The van der Waals surface area contributed by atoms with Crippen LogP contribution in [0.3, 0.4) is 0 Å². The average Bonchev–Trinajstić information content (AvgIpc) is 3.28. The predicted octanol–water partition coefficient (Wildman–Crippen LogP) is 10.6. The Balaban J connectivity index is 2.14. The van der Waals surface area contributed by atoms with Crippen molar-refractivity contribution in [2.75, 3.05) is 19.8 Å². The number of esters is 1. The largest absolute Gasteiger partial charge is 0.466 e. The van der Waals surface area contributed by atoms with Crippen molar-refractivity contribution in [1.29, 1.82) is 0 Å². The number of carbonyl (C=O) groups is 2. The SMILES string of the molecule is CCCC/C=C\CCCCCCCC(=O)OCCCCCCCCCCCCCCCCC(=O)NC(COC1OC(CO)C(O)C(O)C1O)C(O)/C=C/CCCCCCCCCC. The maximum atomic E-state index is 13.0. The molecule has 1 aliphatic rings. The highest BCUT2D eigenvalue weighted by atomic mass is 16.7. The first-order chi connectivity index (χ1) is 30.7. The number of carbonyl (C=O) groups excluding carboxylic acids is 2. The van der Waals surface area contributed by atoms with Crippen molar-refractivity contribution >= 4 is 11.9 Å². The molecule has 1 rings (SSSR count). The monoisotopic (exact) mass is 896 g/mol. The van der Waals surface area contributed by atoms with Crippen molar-refractivity contribution in [3.63, 3.8) is 0 Å².